The van der Waals surface area contributed by atoms with E-state index in [2.05, 4.69) is 12.2 Å². The smallest absolute Gasteiger partial charge is 0.150 e. The van der Waals surface area contributed by atoms with Crippen molar-refractivity contribution in [2.24, 2.45) is 5.92 Å². The molecule has 4 nitrogen and oxygen atoms in total. The van der Waals surface area contributed by atoms with Gasteiger partial charge in [0, 0.05) is 18.9 Å². The molecule has 124 valence electrons. The van der Waals surface area contributed by atoms with Crippen LogP contribution in [0.4, 0.5) is 0 Å². The first-order chi connectivity index (χ1) is 10.0. The molecular weight excluding hydrogens is 286 g/mol. The van der Waals surface area contributed by atoms with Crippen LogP contribution in [0.5, 0.6) is 0 Å². The Morgan fingerprint density at radius 3 is 2.62 bits per heavy atom. The maximum absolute atomic E-state index is 11.9. The molecule has 0 bridgehead atoms. The number of hydrogen-bond acceptors (Lipinski definition) is 4. The van der Waals surface area contributed by atoms with Crippen LogP contribution in [0.25, 0.3) is 0 Å². The van der Waals surface area contributed by atoms with Crippen LogP contribution in [0.2, 0.25) is 0 Å². The van der Waals surface area contributed by atoms with E-state index in [1.54, 1.807) is 0 Å². The van der Waals surface area contributed by atoms with Gasteiger partial charge in [-0.05, 0) is 57.4 Å². The summed E-state index contributed by atoms with van der Waals surface area (Å²) in [6.45, 7) is 4.02. The Hall–Kier alpha value is -0.130. The zero-order chi connectivity index (χ0) is 15.3. The zero-order valence-corrected chi connectivity index (χ0v) is 14.3. The summed E-state index contributed by atoms with van der Waals surface area (Å²) in [5, 5.41) is 3.51. The lowest BCUT2D eigenvalue weighted by Gasteiger charge is -2.40. The molecule has 0 aromatic heterocycles. The number of nitrogens with one attached hydrogen (secondary N) is 1. The minimum atomic E-state index is -2.91. The third-order valence-electron chi connectivity index (χ3n) is 5.03. The molecule has 1 heterocycles. The van der Waals surface area contributed by atoms with Gasteiger partial charge in [-0.1, -0.05) is 13.3 Å². The molecule has 1 aliphatic carbocycles. The van der Waals surface area contributed by atoms with E-state index in [4.69, 9.17) is 4.74 Å². The van der Waals surface area contributed by atoms with Gasteiger partial charge in [-0.15, -0.1) is 0 Å². The molecule has 0 aromatic carbocycles. The van der Waals surface area contributed by atoms with Gasteiger partial charge in [-0.3, -0.25) is 0 Å². The van der Waals surface area contributed by atoms with Gasteiger partial charge in [0.2, 0.25) is 0 Å². The molecule has 0 radical (unpaired) electrons. The van der Waals surface area contributed by atoms with Crippen LogP contribution in [0.3, 0.4) is 0 Å². The lowest BCUT2D eigenvalue weighted by atomic mass is 9.80. The topological polar surface area (TPSA) is 55.4 Å². The number of rotatable bonds is 6. The maximum atomic E-state index is 11.9. The molecule has 5 heteroatoms. The first-order valence-corrected chi connectivity index (χ1v) is 10.5. The Morgan fingerprint density at radius 1 is 1.19 bits per heavy atom. The van der Waals surface area contributed by atoms with Crippen molar-refractivity contribution in [2.45, 2.75) is 75.7 Å². The maximum Gasteiger partial charge on any atom is 0.150 e. The summed E-state index contributed by atoms with van der Waals surface area (Å²) in [4.78, 5) is 0. The highest BCUT2D eigenvalue weighted by atomic mass is 32.2. The lowest BCUT2D eigenvalue weighted by Crippen LogP contribution is -2.50. The first kappa shape index (κ1) is 17.2. The second-order valence-electron chi connectivity index (χ2n) is 6.76. The second-order valence-corrected chi connectivity index (χ2v) is 9.09. The monoisotopic (exact) mass is 317 g/mol. The van der Waals surface area contributed by atoms with Crippen molar-refractivity contribution < 1.29 is 13.2 Å². The molecule has 21 heavy (non-hydrogen) atoms. The van der Waals surface area contributed by atoms with E-state index in [9.17, 15) is 8.42 Å². The van der Waals surface area contributed by atoms with Gasteiger partial charge in [0.05, 0.1) is 11.4 Å². The highest BCUT2D eigenvalue weighted by molar-refractivity contribution is 7.91. The third kappa shape index (κ3) is 4.93. The Kier molecular flexibility index (Phi) is 6.51. The molecule has 1 aliphatic heterocycles. The highest BCUT2D eigenvalue weighted by Gasteiger charge is 2.37. The minimum Gasteiger partial charge on any atom is -0.377 e. The van der Waals surface area contributed by atoms with Gasteiger partial charge in [0.15, 0.2) is 0 Å². The molecule has 0 amide bonds. The molecule has 2 rings (SSSR count). The first-order valence-electron chi connectivity index (χ1n) is 8.56. The average Bonchev–Trinajstić information content (AvgIpc) is 2.48. The predicted molar refractivity (Wildman–Crippen MR) is 86.3 cm³/mol. The van der Waals surface area contributed by atoms with Crippen molar-refractivity contribution in [3.63, 3.8) is 0 Å². The highest BCUT2D eigenvalue weighted by Crippen LogP contribution is 2.34. The van der Waals surface area contributed by atoms with Gasteiger partial charge in [-0.25, -0.2) is 8.42 Å². The van der Waals surface area contributed by atoms with Crippen LogP contribution in [-0.4, -0.2) is 45.2 Å². The van der Waals surface area contributed by atoms with E-state index in [0.717, 1.165) is 58.1 Å². The number of sulfone groups is 1. The van der Waals surface area contributed by atoms with Gasteiger partial charge in [0.1, 0.15) is 9.84 Å². The van der Waals surface area contributed by atoms with Gasteiger partial charge >= 0.3 is 0 Å². The molecule has 2 aliphatic rings. The van der Waals surface area contributed by atoms with Crippen molar-refractivity contribution in [1.82, 2.24) is 5.32 Å². The molecule has 2 fully saturated rings. The standard InChI is InChI=1S/C16H31NO3S/c1-3-10-17-16(15-9-4-5-11-20-15)13-7-6-8-14(12-13)21(2,18)19/h13-17H,3-12H2,1-2H3. The molecule has 4 atom stereocenters. The van der Waals surface area contributed by atoms with Crippen molar-refractivity contribution in [2.75, 3.05) is 19.4 Å². The Labute approximate surface area is 129 Å². The van der Waals surface area contributed by atoms with Crippen LogP contribution in [0.1, 0.15) is 58.3 Å². The largest absolute Gasteiger partial charge is 0.377 e. The Morgan fingerprint density at radius 2 is 2.00 bits per heavy atom. The Bertz CT molecular complexity index is 404. The van der Waals surface area contributed by atoms with Gasteiger partial charge in [0.25, 0.3) is 0 Å². The summed E-state index contributed by atoms with van der Waals surface area (Å²) in [6.07, 6.45) is 10.1. The average molecular weight is 317 g/mol. The number of ether oxygens (including phenoxy) is 1. The fraction of sp³-hybridized carbons (Fsp3) is 1.00. The van der Waals surface area contributed by atoms with E-state index in [1.807, 2.05) is 0 Å². The molecule has 0 aromatic rings. The fourth-order valence-corrected chi connectivity index (χ4v) is 5.05. The van der Waals surface area contributed by atoms with Crippen LogP contribution in [0.15, 0.2) is 0 Å². The molecule has 4 unspecified atom stereocenters. The summed E-state index contributed by atoms with van der Waals surface area (Å²) in [6, 6.07) is 0.329. The number of hydrogen-bond donors (Lipinski definition) is 1. The van der Waals surface area contributed by atoms with E-state index < -0.39 is 9.84 Å². The lowest BCUT2D eigenvalue weighted by molar-refractivity contribution is -0.0250. The van der Waals surface area contributed by atoms with E-state index in [-0.39, 0.29) is 11.4 Å². The van der Waals surface area contributed by atoms with Crippen LogP contribution in [0, 0.1) is 5.92 Å². The molecule has 0 spiro atoms. The second kappa shape index (κ2) is 7.93. The fourth-order valence-electron chi connectivity index (χ4n) is 3.86. The van der Waals surface area contributed by atoms with E-state index in [0.29, 0.717) is 12.0 Å². The van der Waals surface area contributed by atoms with Crippen LogP contribution < -0.4 is 5.32 Å². The third-order valence-corrected chi connectivity index (χ3v) is 6.66. The SMILES string of the molecule is CCCNC(C1CCCC(S(C)(=O)=O)C1)C1CCCCO1. The van der Waals surface area contributed by atoms with E-state index in [1.165, 1.54) is 12.7 Å². The summed E-state index contributed by atoms with van der Waals surface area (Å²) in [5.41, 5.74) is 0. The predicted octanol–water partition coefficient (Wildman–Crippen LogP) is 2.53. The summed E-state index contributed by atoms with van der Waals surface area (Å²) in [5.74, 6) is 0.438. The van der Waals surface area contributed by atoms with Gasteiger partial charge in [-0.2, -0.15) is 0 Å². The summed E-state index contributed by atoms with van der Waals surface area (Å²) >= 11 is 0. The van der Waals surface area contributed by atoms with Crippen LogP contribution >= 0.6 is 0 Å². The quantitative estimate of drug-likeness (QED) is 0.818. The minimum absolute atomic E-state index is 0.147. The molecular formula is C16H31NO3S. The molecule has 1 N–H and O–H groups in total. The normalized spacial score (nSPS) is 32.8. The van der Waals surface area contributed by atoms with Gasteiger partial charge < -0.3 is 10.1 Å². The molecule has 1 saturated heterocycles. The Balaban J connectivity index is 2.04. The molecule has 1 saturated carbocycles. The van der Waals surface area contributed by atoms with Crippen molar-refractivity contribution in [3.05, 3.63) is 0 Å². The van der Waals surface area contributed by atoms with Crippen molar-refractivity contribution in [3.8, 4) is 0 Å². The summed E-state index contributed by atoms with van der Waals surface area (Å²) < 4.78 is 29.8. The summed E-state index contributed by atoms with van der Waals surface area (Å²) in [7, 11) is -2.91. The van der Waals surface area contributed by atoms with Crippen molar-refractivity contribution >= 4 is 9.84 Å². The van der Waals surface area contributed by atoms with Crippen LogP contribution in [-0.2, 0) is 14.6 Å². The van der Waals surface area contributed by atoms with E-state index >= 15 is 0 Å². The van der Waals surface area contributed by atoms with Crippen molar-refractivity contribution in [1.29, 1.82) is 0 Å². The zero-order valence-electron chi connectivity index (χ0n) is 13.5.